The number of carbonyl (C=O) groups excluding carboxylic acids is 1. The van der Waals surface area contributed by atoms with Crippen molar-refractivity contribution in [3.63, 3.8) is 0 Å². The minimum atomic E-state index is -0.464. The number of esters is 1. The van der Waals surface area contributed by atoms with Gasteiger partial charge in [0.1, 0.15) is 5.82 Å². The van der Waals surface area contributed by atoms with Crippen LogP contribution in [0.5, 0.6) is 0 Å². The van der Waals surface area contributed by atoms with Gasteiger partial charge in [0.25, 0.3) is 0 Å². The summed E-state index contributed by atoms with van der Waals surface area (Å²) in [5, 5.41) is 0. The molecule has 1 heterocycles. The van der Waals surface area contributed by atoms with E-state index in [0.717, 1.165) is 18.8 Å². The van der Waals surface area contributed by atoms with Crippen LogP contribution in [-0.4, -0.2) is 36.6 Å². The molecule has 0 spiro atoms. The van der Waals surface area contributed by atoms with Gasteiger partial charge in [-0.25, -0.2) is 14.8 Å². The highest BCUT2D eigenvalue weighted by molar-refractivity contribution is 5.86. The Morgan fingerprint density at radius 1 is 1.41 bits per heavy atom. The lowest BCUT2D eigenvalue weighted by Gasteiger charge is -2.18. The molecular weight excluding hydrogens is 218 g/mol. The van der Waals surface area contributed by atoms with Crippen LogP contribution < -0.4 is 4.90 Å². The van der Waals surface area contributed by atoms with Gasteiger partial charge in [-0.2, -0.15) is 0 Å². The van der Waals surface area contributed by atoms with Crippen LogP contribution in [0, 0.1) is 5.92 Å². The summed E-state index contributed by atoms with van der Waals surface area (Å²) < 4.78 is 4.56. The van der Waals surface area contributed by atoms with E-state index < -0.39 is 5.97 Å². The molecule has 0 unspecified atom stereocenters. The molecule has 0 bridgehead atoms. The van der Waals surface area contributed by atoms with E-state index in [0.29, 0.717) is 5.92 Å². The molecule has 0 N–H and O–H groups in total. The number of ether oxygens (including phenoxy) is 1. The van der Waals surface area contributed by atoms with Crippen molar-refractivity contribution in [3.05, 3.63) is 18.1 Å². The maximum absolute atomic E-state index is 11.2. The van der Waals surface area contributed by atoms with E-state index in [9.17, 15) is 4.79 Å². The minimum Gasteiger partial charge on any atom is -0.464 e. The second-order valence-electron chi connectivity index (χ2n) is 4.36. The van der Waals surface area contributed by atoms with Crippen LogP contribution in [0.1, 0.15) is 30.8 Å². The van der Waals surface area contributed by atoms with E-state index in [1.165, 1.54) is 13.3 Å². The van der Waals surface area contributed by atoms with Crippen molar-refractivity contribution < 1.29 is 9.53 Å². The highest BCUT2D eigenvalue weighted by Crippen LogP contribution is 2.09. The Morgan fingerprint density at radius 2 is 2.12 bits per heavy atom. The summed E-state index contributed by atoms with van der Waals surface area (Å²) in [7, 11) is 3.29. The van der Waals surface area contributed by atoms with Crippen LogP contribution in [-0.2, 0) is 4.74 Å². The smallest absolute Gasteiger partial charge is 0.358 e. The number of hydrogen-bond donors (Lipinski definition) is 0. The second kappa shape index (κ2) is 6.18. The highest BCUT2D eigenvalue weighted by atomic mass is 16.5. The van der Waals surface area contributed by atoms with E-state index >= 15 is 0 Å². The molecule has 1 rings (SSSR count). The average Bonchev–Trinajstić information content (AvgIpc) is 2.35. The van der Waals surface area contributed by atoms with Gasteiger partial charge >= 0.3 is 5.97 Å². The molecule has 1 aromatic rings. The summed E-state index contributed by atoms with van der Waals surface area (Å²) in [4.78, 5) is 21.4. The number of carbonyl (C=O) groups is 1. The quantitative estimate of drug-likeness (QED) is 0.730. The van der Waals surface area contributed by atoms with Gasteiger partial charge in [-0.1, -0.05) is 13.8 Å². The van der Waals surface area contributed by atoms with Gasteiger partial charge < -0.3 is 9.64 Å². The second-order valence-corrected chi connectivity index (χ2v) is 4.36. The molecular formula is C12H19N3O2. The molecule has 0 aliphatic heterocycles. The van der Waals surface area contributed by atoms with Crippen LogP contribution in [0.3, 0.4) is 0 Å². The van der Waals surface area contributed by atoms with Crippen molar-refractivity contribution in [2.45, 2.75) is 20.3 Å². The molecule has 0 radical (unpaired) electrons. The first-order chi connectivity index (χ1) is 8.04. The molecule has 5 nitrogen and oxygen atoms in total. The Kier molecular flexibility index (Phi) is 4.87. The SMILES string of the molecule is COC(=O)c1cnc(N(C)CCC(C)C)cn1. The largest absolute Gasteiger partial charge is 0.464 e. The zero-order chi connectivity index (χ0) is 12.8. The maximum Gasteiger partial charge on any atom is 0.358 e. The lowest BCUT2D eigenvalue weighted by molar-refractivity contribution is 0.0593. The van der Waals surface area contributed by atoms with Crippen LogP contribution >= 0.6 is 0 Å². The summed E-state index contributed by atoms with van der Waals surface area (Å²) in [6, 6.07) is 0. The summed E-state index contributed by atoms with van der Waals surface area (Å²) >= 11 is 0. The van der Waals surface area contributed by atoms with Crippen LogP contribution in [0.4, 0.5) is 5.82 Å². The molecule has 0 aliphatic carbocycles. The molecule has 17 heavy (non-hydrogen) atoms. The maximum atomic E-state index is 11.2. The Morgan fingerprint density at radius 3 is 2.59 bits per heavy atom. The molecule has 0 atom stereocenters. The topological polar surface area (TPSA) is 55.3 Å². The minimum absolute atomic E-state index is 0.230. The molecule has 1 aromatic heterocycles. The predicted octanol–water partition coefficient (Wildman–Crippen LogP) is 1.75. The Balaban J connectivity index is 2.63. The van der Waals surface area contributed by atoms with Gasteiger partial charge in [-0.05, 0) is 12.3 Å². The molecule has 94 valence electrons. The number of anilines is 1. The zero-order valence-electron chi connectivity index (χ0n) is 10.8. The number of aromatic nitrogens is 2. The van der Waals surface area contributed by atoms with Gasteiger partial charge in [0.15, 0.2) is 5.69 Å². The molecule has 0 amide bonds. The van der Waals surface area contributed by atoms with E-state index in [-0.39, 0.29) is 5.69 Å². The fourth-order valence-corrected chi connectivity index (χ4v) is 1.29. The third-order valence-corrected chi connectivity index (χ3v) is 2.47. The van der Waals surface area contributed by atoms with Crippen LogP contribution in [0.25, 0.3) is 0 Å². The fraction of sp³-hybridized carbons (Fsp3) is 0.583. The highest BCUT2D eigenvalue weighted by Gasteiger charge is 2.09. The summed E-state index contributed by atoms with van der Waals surface area (Å²) in [5.74, 6) is 0.951. The van der Waals surface area contributed by atoms with Crippen molar-refractivity contribution in [1.29, 1.82) is 0 Å². The lowest BCUT2D eigenvalue weighted by atomic mass is 10.1. The first-order valence-corrected chi connectivity index (χ1v) is 5.66. The van der Waals surface area contributed by atoms with Crippen molar-refractivity contribution >= 4 is 11.8 Å². The first-order valence-electron chi connectivity index (χ1n) is 5.66. The van der Waals surface area contributed by atoms with Gasteiger partial charge in [-0.15, -0.1) is 0 Å². The fourth-order valence-electron chi connectivity index (χ4n) is 1.29. The number of rotatable bonds is 5. The molecule has 0 saturated heterocycles. The van der Waals surface area contributed by atoms with Crippen molar-refractivity contribution in [2.24, 2.45) is 5.92 Å². The van der Waals surface area contributed by atoms with Crippen molar-refractivity contribution in [2.75, 3.05) is 25.6 Å². The van der Waals surface area contributed by atoms with Crippen molar-refractivity contribution in [1.82, 2.24) is 9.97 Å². The molecule has 0 aromatic carbocycles. The van der Waals surface area contributed by atoms with E-state index in [4.69, 9.17) is 0 Å². The molecule has 0 fully saturated rings. The Bertz CT molecular complexity index is 363. The molecule has 0 aliphatic rings. The molecule has 0 saturated carbocycles. The van der Waals surface area contributed by atoms with E-state index in [1.807, 2.05) is 11.9 Å². The Hall–Kier alpha value is -1.65. The van der Waals surface area contributed by atoms with Crippen molar-refractivity contribution in [3.8, 4) is 0 Å². The third-order valence-electron chi connectivity index (χ3n) is 2.47. The standard InChI is InChI=1S/C12H19N3O2/c1-9(2)5-6-15(3)11-8-13-10(7-14-11)12(16)17-4/h7-9H,5-6H2,1-4H3. The third kappa shape index (κ3) is 4.01. The molecule has 5 heteroatoms. The summed E-state index contributed by atoms with van der Waals surface area (Å²) in [5.41, 5.74) is 0.230. The van der Waals surface area contributed by atoms with Gasteiger partial charge in [0, 0.05) is 13.6 Å². The predicted molar refractivity (Wildman–Crippen MR) is 66.1 cm³/mol. The average molecular weight is 237 g/mol. The first kappa shape index (κ1) is 13.4. The van der Waals surface area contributed by atoms with Gasteiger partial charge in [0.05, 0.1) is 19.5 Å². The van der Waals surface area contributed by atoms with Gasteiger partial charge in [0.2, 0.25) is 0 Å². The zero-order valence-corrected chi connectivity index (χ0v) is 10.8. The summed E-state index contributed by atoms with van der Waals surface area (Å²) in [6.07, 6.45) is 4.12. The number of methoxy groups -OCH3 is 1. The monoisotopic (exact) mass is 237 g/mol. The normalized spacial score (nSPS) is 10.4. The van der Waals surface area contributed by atoms with E-state index in [1.54, 1.807) is 6.20 Å². The van der Waals surface area contributed by atoms with E-state index in [2.05, 4.69) is 28.6 Å². The number of nitrogens with zero attached hydrogens (tertiary/aromatic N) is 3. The van der Waals surface area contributed by atoms with Crippen LogP contribution in [0.15, 0.2) is 12.4 Å². The van der Waals surface area contributed by atoms with Crippen LogP contribution in [0.2, 0.25) is 0 Å². The Labute approximate surface area is 102 Å². The number of hydrogen-bond acceptors (Lipinski definition) is 5. The lowest BCUT2D eigenvalue weighted by Crippen LogP contribution is -2.21. The van der Waals surface area contributed by atoms with Gasteiger partial charge in [-0.3, -0.25) is 0 Å². The summed E-state index contributed by atoms with van der Waals surface area (Å²) in [6.45, 7) is 5.28.